The van der Waals surface area contributed by atoms with Crippen LogP contribution in [0.4, 0.5) is 11.6 Å². The number of hydrogen-bond acceptors (Lipinski definition) is 8. The van der Waals surface area contributed by atoms with Crippen LogP contribution in [0.3, 0.4) is 0 Å². The lowest BCUT2D eigenvalue weighted by Gasteiger charge is -2.18. The van der Waals surface area contributed by atoms with Gasteiger partial charge in [0.05, 0.1) is 26.0 Å². The summed E-state index contributed by atoms with van der Waals surface area (Å²) in [5, 5.41) is 3.27. The monoisotopic (exact) mass is 363 g/mol. The van der Waals surface area contributed by atoms with Crippen LogP contribution in [0.1, 0.15) is 18.5 Å². The zero-order chi connectivity index (χ0) is 18.4. The topological polar surface area (TPSA) is 125 Å². The van der Waals surface area contributed by atoms with Crippen LogP contribution in [0.15, 0.2) is 29.4 Å². The van der Waals surface area contributed by atoms with Crippen molar-refractivity contribution in [2.75, 3.05) is 31.4 Å². The molecule has 2 aromatic rings. The molecule has 2 rings (SSSR count). The van der Waals surface area contributed by atoms with Gasteiger partial charge in [-0.15, -0.1) is 0 Å². The van der Waals surface area contributed by atoms with Crippen LogP contribution in [-0.4, -0.2) is 35.8 Å². The number of anilines is 2. The van der Waals surface area contributed by atoms with E-state index in [0.29, 0.717) is 16.7 Å². The first kappa shape index (κ1) is 18.7. The number of thioether (sulfide) groups is 1. The van der Waals surface area contributed by atoms with E-state index in [9.17, 15) is 4.79 Å². The first-order valence-electron chi connectivity index (χ1n) is 7.47. The number of amides is 1. The van der Waals surface area contributed by atoms with E-state index < -0.39 is 0 Å². The van der Waals surface area contributed by atoms with Gasteiger partial charge in [0.15, 0.2) is 5.16 Å². The van der Waals surface area contributed by atoms with Gasteiger partial charge in [-0.05, 0) is 25.1 Å². The van der Waals surface area contributed by atoms with E-state index in [-0.39, 0.29) is 29.3 Å². The molecule has 0 aliphatic carbocycles. The molecule has 5 N–H and O–H groups in total. The SMILES string of the molecule is COc1ccc(OC)c(C(C)NC(=O)CSc2nc(N)cc(N)n2)c1. The highest BCUT2D eigenvalue weighted by molar-refractivity contribution is 7.99. The fourth-order valence-corrected chi connectivity index (χ4v) is 2.88. The van der Waals surface area contributed by atoms with Gasteiger partial charge in [-0.1, -0.05) is 11.8 Å². The molecule has 0 spiro atoms. The smallest absolute Gasteiger partial charge is 0.230 e. The summed E-state index contributed by atoms with van der Waals surface area (Å²) in [5.41, 5.74) is 12.0. The molecule has 1 unspecified atom stereocenters. The van der Waals surface area contributed by atoms with E-state index in [4.69, 9.17) is 20.9 Å². The highest BCUT2D eigenvalue weighted by Gasteiger charge is 2.16. The van der Waals surface area contributed by atoms with Crippen LogP contribution in [0.2, 0.25) is 0 Å². The molecule has 0 fully saturated rings. The van der Waals surface area contributed by atoms with Crippen LogP contribution in [0.5, 0.6) is 11.5 Å². The zero-order valence-corrected chi connectivity index (χ0v) is 15.1. The molecule has 0 bridgehead atoms. The van der Waals surface area contributed by atoms with Crippen molar-refractivity contribution in [2.45, 2.75) is 18.1 Å². The van der Waals surface area contributed by atoms with E-state index in [1.165, 1.54) is 6.07 Å². The molecule has 0 radical (unpaired) electrons. The summed E-state index contributed by atoms with van der Waals surface area (Å²) in [4.78, 5) is 20.3. The van der Waals surface area contributed by atoms with Crippen LogP contribution in [0.25, 0.3) is 0 Å². The average molecular weight is 363 g/mol. The lowest BCUT2D eigenvalue weighted by molar-refractivity contribution is -0.119. The minimum absolute atomic E-state index is 0.138. The summed E-state index contributed by atoms with van der Waals surface area (Å²) in [6.07, 6.45) is 0. The maximum atomic E-state index is 12.2. The van der Waals surface area contributed by atoms with Crippen molar-refractivity contribution >= 4 is 29.3 Å². The van der Waals surface area contributed by atoms with Gasteiger partial charge in [0.2, 0.25) is 5.91 Å². The molecular weight excluding hydrogens is 342 g/mol. The number of rotatable bonds is 7. The van der Waals surface area contributed by atoms with Crippen molar-refractivity contribution in [2.24, 2.45) is 0 Å². The Balaban J connectivity index is 2.00. The van der Waals surface area contributed by atoms with Gasteiger partial charge in [-0.3, -0.25) is 4.79 Å². The highest BCUT2D eigenvalue weighted by Crippen LogP contribution is 2.29. The first-order chi connectivity index (χ1) is 11.9. The molecule has 1 aromatic carbocycles. The van der Waals surface area contributed by atoms with E-state index in [2.05, 4.69) is 15.3 Å². The molecule has 0 aliphatic heterocycles. The van der Waals surface area contributed by atoms with Gasteiger partial charge < -0.3 is 26.3 Å². The average Bonchev–Trinajstić information content (AvgIpc) is 2.58. The number of aromatic nitrogens is 2. The van der Waals surface area contributed by atoms with Crippen molar-refractivity contribution in [1.82, 2.24) is 15.3 Å². The number of hydrogen-bond donors (Lipinski definition) is 3. The normalized spacial score (nSPS) is 11.6. The zero-order valence-electron chi connectivity index (χ0n) is 14.3. The lowest BCUT2D eigenvalue weighted by atomic mass is 10.1. The number of benzene rings is 1. The number of ether oxygens (including phenoxy) is 2. The Hall–Kier alpha value is -2.68. The first-order valence-corrected chi connectivity index (χ1v) is 8.45. The van der Waals surface area contributed by atoms with E-state index >= 15 is 0 Å². The number of nitrogens with one attached hydrogen (secondary N) is 1. The molecule has 1 aromatic heterocycles. The van der Waals surface area contributed by atoms with E-state index in [1.807, 2.05) is 13.0 Å². The Morgan fingerprint density at radius 2 is 1.88 bits per heavy atom. The number of carbonyl (C=O) groups excluding carboxylic acids is 1. The molecule has 0 saturated heterocycles. The van der Waals surface area contributed by atoms with Crippen molar-refractivity contribution in [1.29, 1.82) is 0 Å². The molecule has 0 aliphatic rings. The number of nitrogens with two attached hydrogens (primary N) is 2. The lowest BCUT2D eigenvalue weighted by Crippen LogP contribution is -2.28. The predicted octanol–water partition coefficient (Wildman–Crippen LogP) is 1.63. The van der Waals surface area contributed by atoms with Gasteiger partial charge in [0.1, 0.15) is 23.1 Å². The second-order valence-electron chi connectivity index (χ2n) is 5.19. The number of methoxy groups -OCH3 is 2. The Labute approximate surface area is 150 Å². The third-order valence-electron chi connectivity index (χ3n) is 3.36. The summed E-state index contributed by atoms with van der Waals surface area (Å²) >= 11 is 1.16. The molecule has 0 saturated carbocycles. The van der Waals surface area contributed by atoms with Gasteiger partial charge in [0.25, 0.3) is 0 Å². The molecule has 1 amide bonds. The van der Waals surface area contributed by atoms with Gasteiger partial charge >= 0.3 is 0 Å². The summed E-state index contributed by atoms with van der Waals surface area (Å²) < 4.78 is 10.6. The largest absolute Gasteiger partial charge is 0.497 e. The summed E-state index contributed by atoms with van der Waals surface area (Å²) in [5.74, 6) is 1.87. The van der Waals surface area contributed by atoms with Gasteiger partial charge in [-0.25, -0.2) is 9.97 Å². The summed E-state index contributed by atoms with van der Waals surface area (Å²) in [7, 11) is 3.17. The fraction of sp³-hybridized carbons (Fsp3) is 0.312. The number of nitrogens with zero attached hydrogens (tertiary/aromatic N) is 2. The van der Waals surface area contributed by atoms with Crippen molar-refractivity contribution < 1.29 is 14.3 Å². The number of carbonyl (C=O) groups is 1. The third kappa shape index (κ3) is 5.15. The Kier molecular flexibility index (Phi) is 6.29. The molecule has 134 valence electrons. The van der Waals surface area contributed by atoms with Crippen LogP contribution < -0.4 is 26.3 Å². The van der Waals surface area contributed by atoms with Crippen LogP contribution in [0, 0.1) is 0 Å². The minimum Gasteiger partial charge on any atom is -0.497 e. The molecule has 25 heavy (non-hydrogen) atoms. The third-order valence-corrected chi connectivity index (χ3v) is 4.21. The van der Waals surface area contributed by atoms with Crippen LogP contribution >= 0.6 is 11.8 Å². The predicted molar refractivity (Wildman–Crippen MR) is 97.7 cm³/mol. The number of nitrogen functional groups attached to an aromatic ring is 2. The highest BCUT2D eigenvalue weighted by atomic mass is 32.2. The maximum absolute atomic E-state index is 12.2. The maximum Gasteiger partial charge on any atom is 0.230 e. The van der Waals surface area contributed by atoms with Gasteiger partial charge in [0, 0.05) is 11.6 Å². The van der Waals surface area contributed by atoms with Crippen LogP contribution in [-0.2, 0) is 4.79 Å². The second kappa shape index (κ2) is 8.43. The Morgan fingerprint density at radius 3 is 2.48 bits per heavy atom. The molecule has 1 heterocycles. The van der Waals surface area contributed by atoms with Gasteiger partial charge in [-0.2, -0.15) is 0 Å². The fourth-order valence-electron chi connectivity index (χ4n) is 2.20. The molecule has 9 heteroatoms. The molecule has 1 atom stereocenters. The van der Waals surface area contributed by atoms with Crippen molar-refractivity contribution in [3.05, 3.63) is 29.8 Å². The quantitative estimate of drug-likeness (QED) is 0.500. The summed E-state index contributed by atoms with van der Waals surface area (Å²) in [6, 6.07) is 6.63. The minimum atomic E-state index is -0.259. The molecular formula is C16H21N5O3S. The Morgan fingerprint density at radius 1 is 1.20 bits per heavy atom. The van der Waals surface area contributed by atoms with Crippen molar-refractivity contribution in [3.8, 4) is 11.5 Å². The van der Waals surface area contributed by atoms with E-state index in [1.54, 1.807) is 26.4 Å². The molecule has 8 nitrogen and oxygen atoms in total. The van der Waals surface area contributed by atoms with E-state index in [0.717, 1.165) is 17.3 Å². The Bertz CT molecular complexity index is 736. The van der Waals surface area contributed by atoms with Crippen molar-refractivity contribution in [3.63, 3.8) is 0 Å². The second-order valence-corrected chi connectivity index (χ2v) is 6.13. The standard InChI is InChI=1S/C16H21N5O3S/c1-9(11-6-10(23-2)4-5-12(11)24-3)19-15(22)8-25-16-20-13(17)7-14(18)21-16/h4-7,9H,8H2,1-3H3,(H,19,22)(H4,17,18,20,21). The summed E-state index contributed by atoms with van der Waals surface area (Å²) in [6.45, 7) is 1.87.